The molecule has 1 aromatic rings. The van der Waals surface area contributed by atoms with E-state index in [1.165, 1.54) is 115 Å². The quantitative estimate of drug-likeness (QED) is 0.0978. The van der Waals surface area contributed by atoms with Gasteiger partial charge >= 0.3 is 0 Å². The Morgan fingerprint density at radius 1 is 0.676 bits per heavy atom. The van der Waals surface area contributed by atoms with E-state index in [2.05, 4.69) is 71.0 Å². The van der Waals surface area contributed by atoms with Crippen molar-refractivity contribution in [1.29, 1.82) is 0 Å². The number of hydrogen-bond acceptors (Lipinski definition) is 1. The highest BCUT2D eigenvalue weighted by Gasteiger charge is 2.29. The molecule has 0 aliphatic heterocycles. The fraction of sp³-hybridized carbons (Fsp3) is 0.806. The highest BCUT2D eigenvalue weighted by Crippen LogP contribution is 2.32. The van der Waals surface area contributed by atoms with Crippen LogP contribution >= 0.6 is 12.4 Å². The van der Waals surface area contributed by atoms with Crippen molar-refractivity contribution in [3.63, 3.8) is 0 Å². The summed E-state index contributed by atoms with van der Waals surface area (Å²) in [7, 11) is 4.01. The number of unbranched alkanes of at least 4 members (excludes halogenated alkanes) is 13. The van der Waals surface area contributed by atoms with Gasteiger partial charge < -0.3 is 23.0 Å². The molecule has 3 N–H and O–H groups in total. The van der Waals surface area contributed by atoms with Gasteiger partial charge in [0.2, 0.25) is 0 Å². The third-order valence-electron chi connectivity index (χ3n) is 7.52. The predicted molar refractivity (Wildman–Crippen MR) is 177 cm³/mol. The molecule has 1 rings (SSSR count). The predicted octanol–water partition coefficient (Wildman–Crippen LogP) is 6.54. The van der Waals surface area contributed by atoms with E-state index in [0.717, 1.165) is 4.48 Å². The molecule has 0 fully saturated rings. The summed E-state index contributed by atoms with van der Waals surface area (Å²) in [6, 6.07) is 13.4. The van der Waals surface area contributed by atoms with Crippen molar-refractivity contribution in [2.45, 2.75) is 141 Å². The second kappa shape index (κ2) is 26.4. The van der Waals surface area contributed by atoms with Crippen molar-refractivity contribution < 1.29 is 16.9 Å². The fourth-order valence-electron chi connectivity index (χ4n) is 5.29. The van der Waals surface area contributed by atoms with Gasteiger partial charge in [-0.2, -0.15) is 0 Å². The lowest BCUT2D eigenvalue weighted by atomic mass is 9.98. The third-order valence-corrected chi connectivity index (χ3v) is 9.37. The minimum atomic E-state index is -0.953. The molecule has 0 saturated carbocycles. The van der Waals surface area contributed by atoms with E-state index in [4.69, 9.17) is 0 Å². The smallest absolute Gasteiger partial charge is 0.114 e. The normalized spacial score (nSPS) is 11.9. The molecule has 1 unspecified atom stereocenters. The maximum Gasteiger partial charge on any atom is 0.114 e. The Kier molecular flexibility index (Phi) is 31.5. The molecule has 0 amide bonds. The molecule has 0 saturated heterocycles. The summed E-state index contributed by atoms with van der Waals surface area (Å²) in [5.74, 6) is 0. The Morgan fingerprint density at radius 3 is 1.49 bits per heavy atom. The molecule has 2 nitrogen and oxygen atoms in total. The molecule has 224 valence electrons. The van der Waals surface area contributed by atoms with Gasteiger partial charge in [-0.05, 0) is 30.2 Å². The minimum Gasteiger partial charge on any atom is -1.00 e. The van der Waals surface area contributed by atoms with Gasteiger partial charge in [0.1, 0.15) is 6.04 Å². The molecule has 0 aliphatic rings. The van der Waals surface area contributed by atoms with Crippen LogP contribution in [0, 0.1) is 0 Å². The summed E-state index contributed by atoms with van der Waals surface area (Å²) < 4.78 is 1.15. The van der Waals surface area contributed by atoms with E-state index in [-0.39, 0.29) is 41.9 Å². The third kappa shape index (κ3) is 23.7. The molecular formula is C31H68Cl2N2Si2. The van der Waals surface area contributed by atoms with Crippen LogP contribution in [0.15, 0.2) is 30.3 Å². The van der Waals surface area contributed by atoms with Gasteiger partial charge in [-0.25, -0.2) is 0 Å². The van der Waals surface area contributed by atoms with E-state index in [0.29, 0.717) is 6.04 Å². The number of hydrogen-bond donors (Lipinski definition) is 1. The van der Waals surface area contributed by atoms with Crippen molar-refractivity contribution in [1.82, 2.24) is 6.15 Å². The number of rotatable bonds is 21. The van der Waals surface area contributed by atoms with E-state index < -0.39 is 8.07 Å². The summed E-state index contributed by atoms with van der Waals surface area (Å²) in [5, 5.41) is 0. The fourth-order valence-corrected chi connectivity index (χ4v) is 6.56. The van der Waals surface area contributed by atoms with E-state index in [1.807, 2.05) is 0 Å². The summed E-state index contributed by atoms with van der Waals surface area (Å²) in [6.07, 6.45) is 22.9. The van der Waals surface area contributed by atoms with Gasteiger partial charge in [0.15, 0.2) is 0 Å². The SMILES string of the molecule is CCCCCCCCCCCCCCCC[N+](C)(C)C(CCC[Si](C)(C)C)c1ccccc1.Cl.N.[Cl-].[SiH4]. The Labute approximate surface area is 251 Å². The van der Waals surface area contributed by atoms with Crippen LogP contribution in [-0.4, -0.2) is 44.2 Å². The average molecular weight is 596 g/mol. The molecule has 1 atom stereocenters. The van der Waals surface area contributed by atoms with Crippen LogP contribution in [0.5, 0.6) is 0 Å². The van der Waals surface area contributed by atoms with Crippen LogP contribution in [0.3, 0.4) is 0 Å². The van der Waals surface area contributed by atoms with Crippen molar-refractivity contribution >= 4 is 31.4 Å². The van der Waals surface area contributed by atoms with Crippen LogP contribution in [0.4, 0.5) is 0 Å². The van der Waals surface area contributed by atoms with Gasteiger partial charge in [-0.3, -0.25) is 0 Å². The molecule has 0 heterocycles. The Balaban J connectivity index is -0.00000136. The molecular weight excluding hydrogens is 527 g/mol. The number of benzene rings is 1. The van der Waals surface area contributed by atoms with E-state index >= 15 is 0 Å². The van der Waals surface area contributed by atoms with Gasteiger partial charge in [-0.1, -0.05) is 140 Å². The van der Waals surface area contributed by atoms with Crippen molar-refractivity contribution in [3.05, 3.63) is 35.9 Å². The molecule has 6 heteroatoms. The van der Waals surface area contributed by atoms with Crippen LogP contribution in [-0.2, 0) is 0 Å². The summed E-state index contributed by atoms with van der Waals surface area (Å²) >= 11 is 0. The van der Waals surface area contributed by atoms with Gasteiger partial charge in [0, 0.05) is 20.1 Å². The molecule has 37 heavy (non-hydrogen) atoms. The van der Waals surface area contributed by atoms with Gasteiger partial charge in [0.05, 0.1) is 20.6 Å². The summed E-state index contributed by atoms with van der Waals surface area (Å²) in [4.78, 5) is 0. The second-order valence-electron chi connectivity index (χ2n) is 12.5. The lowest BCUT2D eigenvalue weighted by molar-refractivity contribution is -0.921. The highest BCUT2D eigenvalue weighted by molar-refractivity contribution is 6.76. The van der Waals surface area contributed by atoms with Crippen molar-refractivity contribution in [2.24, 2.45) is 0 Å². The molecule has 0 aromatic heterocycles. The summed E-state index contributed by atoms with van der Waals surface area (Å²) in [5.41, 5.74) is 1.54. The number of quaternary nitrogens is 1. The topological polar surface area (TPSA) is 35.0 Å². The molecule has 0 aliphatic carbocycles. The van der Waals surface area contributed by atoms with Gasteiger partial charge in [0.25, 0.3) is 0 Å². The largest absolute Gasteiger partial charge is 1.00 e. The lowest BCUT2D eigenvalue weighted by Gasteiger charge is -2.39. The number of halogens is 2. The lowest BCUT2D eigenvalue weighted by Crippen LogP contribution is -3.00. The summed E-state index contributed by atoms with van der Waals surface area (Å²) in [6.45, 7) is 11.2. The molecule has 0 bridgehead atoms. The zero-order valence-electron chi connectivity index (χ0n) is 25.1. The van der Waals surface area contributed by atoms with Crippen molar-refractivity contribution in [3.8, 4) is 0 Å². The zero-order valence-corrected chi connectivity index (χ0v) is 27.7. The Bertz CT molecular complexity index is 580. The first-order chi connectivity index (χ1) is 15.8. The second-order valence-corrected chi connectivity index (χ2v) is 18.1. The van der Waals surface area contributed by atoms with Crippen LogP contribution in [0.1, 0.15) is 121 Å². The monoisotopic (exact) mass is 594 g/mol. The Morgan fingerprint density at radius 2 is 1.08 bits per heavy atom. The highest BCUT2D eigenvalue weighted by atomic mass is 35.5. The standard InChI is InChI=1S/C31H60NSi.2ClH.H3N.H4Si/c1-7-8-9-10-11-12-13-14-15-16-17-18-19-23-28-32(2,3)31(27-24-29-33(4,5)6)30-25-21-20-22-26-30;;;;/h20-22,25-26,31H,7-19,23-24,27-29H2,1-6H3;2*1H;1H3;1H4/q+1;;;;/p-1. The Hall–Kier alpha value is 0.154. The molecule has 0 radical (unpaired) electrons. The van der Waals surface area contributed by atoms with Crippen LogP contribution in [0.25, 0.3) is 0 Å². The average Bonchev–Trinajstić information content (AvgIpc) is 2.76. The number of nitrogens with zero attached hydrogens (tertiary/aromatic N) is 1. The van der Waals surface area contributed by atoms with E-state index in [9.17, 15) is 0 Å². The molecule has 1 aromatic carbocycles. The minimum absolute atomic E-state index is 0. The van der Waals surface area contributed by atoms with Gasteiger partial charge in [-0.15, -0.1) is 12.4 Å². The maximum atomic E-state index is 2.51. The first-order valence-electron chi connectivity index (χ1n) is 14.6. The van der Waals surface area contributed by atoms with Crippen molar-refractivity contribution in [2.75, 3.05) is 20.6 Å². The maximum absolute atomic E-state index is 2.51. The first-order valence-corrected chi connectivity index (χ1v) is 18.3. The van der Waals surface area contributed by atoms with Crippen LogP contribution in [0.2, 0.25) is 25.7 Å². The molecule has 0 spiro atoms. The zero-order chi connectivity index (χ0) is 24.4. The first kappa shape index (κ1) is 44.2. The van der Waals surface area contributed by atoms with Crippen LogP contribution < -0.4 is 18.6 Å². The van der Waals surface area contributed by atoms with E-state index in [1.54, 1.807) is 5.56 Å².